The van der Waals surface area contributed by atoms with Gasteiger partial charge in [-0.05, 0) is 12.3 Å². The summed E-state index contributed by atoms with van der Waals surface area (Å²) in [4.78, 5) is 0. The van der Waals surface area contributed by atoms with Crippen LogP contribution in [-0.4, -0.2) is 4.43 Å². The lowest BCUT2D eigenvalue weighted by Crippen LogP contribution is -1.94. The minimum atomic E-state index is 0.942. The zero-order chi connectivity index (χ0) is 7.11. The maximum absolute atomic E-state index is 2.47. The molecule has 0 aliphatic rings. The number of alkyl halides is 1. The van der Waals surface area contributed by atoms with Crippen molar-refractivity contribution in [1.29, 1.82) is 0 Å². The second-order valence-corrected chi connectivity index (χ2v) is 3.64. The highest BCUT2D eigenvalue weighted by molar-refractivity contribution is 14.1. The van der Waals surface area contributed by atoms with Gasteiger partial charge in [-0.25, -0.2) is 0 Å². The third-order valence-corrected chi connectivity index (χ3v) is 3.07. The van der Waals surface area contributed by atoms with E-state index < -0.39 is 0 Å². The van der Waals surface area contributed by atoms with Crippen LogP contribution in [0.1, 0.15) is 39.5 Å². The lowest BCUT2D eigenvalue weighted by Gasteiger charge is -2.04. The minimum Gasteiger partial charge on any atom is -0.0861 e. The SMILES string of the molecule is CCCCC[C@@H](C)CI. The average molecular weight is 240 g/mol. The Kier molecular flexibility index (Phi) is 7.40. The zero-order valence-corrected chi connectivity index (χ0v) is 8.65. The molecular formula is C8H17I. The lowest BCUT2D eigenvalue weighted by atomic mass is 10.1. The number of unbranched alkanes of at least 4 members (excludes halogenated alkanes) is 2. The number of hydrogen-bond acceptors (Lipinski definition) is 0. The highest BCUT2D eigenvalue weighted by Gasteiger charge is 1.96. The zero-order valence-electron chi connectivity index (χ0n) is 6.49. The van der Waals surface area contributed by atoms with E-state index in [4.69, 9.17) is 0 Å². The quantitative estimate of drug-likeness (QED) is 0.391. The third kappa shape index (κ3) is 6.62. The van der Waals surface area contributed by atoms with Crippen LogP contribution < -0.4 is 0 Å². The predicted molar refractivity (Wildman–Crippen MR) is 52.2 cm³/mol. The normalized spacial score (nSPS) is 13.7. The molecule has 56 valence electrons. The largest absolute Gasteiger partial charge is 0.0861 e. The van der Waals surface area contributed by atoms with Crippen LogP contribution >= 0.6 is 22.6 Å². The summed E-state index contributed by atoms with van der Waals surface area (Å²) in [5.41, 5.74) is 0. The summed E-state index contributed by atoms with van der Waals surface area (Å²) >= 11 is 2.47. The van der Waals surface area contributed by atoms with Crippen molar-refractivity contribution in [3.05, 3.63) is 0 Å². The van der Waals surface area contributed by atoms with Gasteiger partial charge in [0.25, 0.3) is 0 Å². The Morgan fingerprint density at radius 2 is 2.00 bits per heavy atom. The molecule has 0 aromatic rings. The first-order valence-corrected chi connectivity index (χ1v) is 5.39. The van der Waals surface area contributed by atoms with Crippen LogP contribution in [0.25, 0.3) is 0 Å². The smallest absolute Gasteiger partial charge is 0.00210 e. The molecule has 0 N–H and O–H groups in total. The van der Waals surface area contributed by atoms with Crippen LogP contribution in [0, 0.1) is 5.92 Å². The van der Waals surface area contributed by atoms with Gasteiger partial charge in [-0.1, -0.05) is 55.7 Å². The van der Waals surface area contributed by atoms with Gasteiger partial charge in [0.05, 0.1) is 0 Å². The predicted octanol–water partition coefficient (Wildman–Crippen LogP) is 3.64. The summed E-state index contributed by atoms with van der Waals surface area (Å²) in [6.45, 7) is 4.59. The topological polar surface area (TPSA) is 0 Å². The fourth-order valence-corrected chi connectivity index (χ4v) is 1.26. The summed E-state index contributed by atoms with van der Waals surface area (Å²) in [5, 5.41) is 0. The number of halogens is 1. The van der Waals surface area contributed by atoms with Crippen molar-refractivity contribution < 1.29 is 0 Å². The van der Waals surface area contributed by atoms with E-state index in [0.29, 0.717) is 0 Å². The summed E-state index contributed by atoms with van der Waals surface area (Å²) < 4.78 is 1.32. The first-order chi connectivity index (χ1) is 4.31. The molecule has 0 fully saturated rings. The summed E-state index contributed by atoms with van der Waals surface area (Å²) in [6, 6.07) is 0. The second kappa shape index (κ2) is 6.84. The Morgan fingerprint density at radius 1 is 1.33 bits per heavy atom. The Bertz CT molecular complexity index is 52.5. The van der Waals surface area contributed by atoms with E-state index in [-0.39, 0.29) is 0 Å². The Hall–Kier alpha value is 0.730. The molecule has 0 aliphatic carbocycles. The lowest BCUT2D eigenvalue weighted by molar-refractivity contribution is 0.546. The molecule has 1 heteroatoms. The molecule has 0 unspecified atom stereocenters. The van der Waals surface area contributed by atoms with Crippen LogP contribution in [0.3, 0.4) is 0 Å². The molecule has 9 heavy (non-hydrogen) atoms. The van der Waals surface area contributed by atoms with Gasteiger partial charge >= 0.3 is 0 Å². The third-order valence-electron chi connectivity index (χ3n) is 1.56. The number of rotatable bonds is 5. The monoisotopic (exact) mass is 240 g/mol. The average Bonchev–Trinajstić information content (AvgIpc) is 1.89. The van der Waals surface area contributed by atoms with Crippen molar-refractivity contribution in [2.45, 2.75) is 39.5 Å². The minimum absolute atomic E-state index is 0.942. The van der Waals surface area contributed by atoms with Crippen LogP contribution in [-0.2, 0) is 0 Å². The van der Waals surface area contributed by atoms with Gasteiger partial charge in [-0.15, -0.1) is 0 Å². The molecular weight excluding hydrogens is 223 g/mol. The van der Waals surface area contributed by atoms with E-state index in [2.05, 4.69) is 36.4 Å². The molecule has 0 rings (SSSR count). The molecule has 0 heterocycles. The van der Waals surface area contributed by atoms with Gasteiger partial charge < -0.3 is 0 Å². The Morgan fingerprint density at radius 3 is 2.44 bits per heavy atom. The van der Waals surface area contributed by atoms with E-state index in [1.165, 1.54) is 30.1 Å². The molecule has 1 atom stereocenters. The second-order valence-electron chi connectivity index (χ2n) is 2.76. The number of hydrogen-bond donors (Lipinski definition) is 0. The molecule has 0 bridgehead atoms. The molecule has 0 aromatic carbocycles. The van der Waals surface area contributed by atoms with Gasteiger partial charge in [0.2, 0.25) is 0 Å². The van der Waals surface area contributed by atoms with Gasteiger partial charge in [0.15, 0.2) is 0 Å². The molecule has 0 aliphatic heterocycles. The van der Waals surface area contributed by atoms with Crippen molar-refractivity contribution >= 4 is 22.6 Å². The van der Waals surface area contributed by atoms with Crippen LogP contribution in [0.5, 0.6) is 0 Å². The highest BCUT2D eigenvalue weighted by Crippen LogP contribution is 2.10. The van der Waals surface area contributed by atoms with E-state index >= 15 is 0 Å². The van der Waals surface area contributed by atoms with E-state index in [9.17, 15) is 0 Å². The molecule has 0 saturated carbocycles. The van der Waals surface area contributed by atoms with E-state index in [0.717, 1.165) is 5.92 Å². The van der Waals surface area contributed by atoms with Crippen molar-refractivity contribution in [2.24, 2.45) is 5.92 Å². The first-order valence-electron chi connectivity index (χ1n) is 3.87. The van der Waals surface area contributed by atoms with Crippen molar-refractivity contribution in [3.8, 4) is 0 Å². The standard InChI is InChI=1S/C8H17I/c1-3-4-5-6-8(2)7-9/h8H,3-7H2,1-2H3/t8-/m1/s1. The maximum atomic E-state index is 2.47. The van der Waals surface area contributed by atoms with Gasteiger partial charge in [0, 0.05) is 4.43 Å². The molecule has 0 nitrogen and oxygen atoms in total. The van der Waals surface area contributed by atoms with E-state index in [1.807, 2.05) is 0 Å². The summed E-state index contributed by atoms with van der Waals surface area (Å²) in [6.07, 6.45) is 5.63. The first kappa shape index (κ1) is 9.73. The molecule has 0 aromatic heterocycles. The molecule has 0 saturated heterocycles. The van der Waals surface area contributed by atoms with Crippen molar-refractivity contribution in [2.75, 3.05) is 4.43 Å². The fourth-order valence-electron chi connectivity index (χ4n) is 0.820. The van der Waals surface area contributed by atoms with Crippen LogP contribution in [0.4, 0.5) is 0 Å². The van der Waals surface area contributed by atoms with Crippen molar-refractivity contribution in [1.82, 2.24) is 0 Å². The van der Waals surface area contributed by atoms with Gasteiger partial charge in [0.1, 0.15) is 0 Å². The maximum Gasteiger partial charge on any atom is 0.00210 e. The van der Waals surface area contributed by atoms with Gasteiger partial charge in [-0.2, -0.15) is 0 Å². The van der Waals surface area contributed by atoms with Crippen LogP contribution in [0.2, 0.25) is 0 Å². The Labute approximate surface area is 72.6 Å². The Balaban J connectivity index is 2.88. The van der Waals surface area contributed by atoms with Crippen LogP contribution in [0.15, 0.2) is 0 Å². The molecule has 0 spiro atoms. The highest BCUT2D eigenvalue weighted by atomic mass is 127. The van der Waals surface area contributed by atoms with Gasteiger partial charge in [-0.3, -0.25) is 0 Å². The molecule has 0 amide bonds. The van der Waals surface area contributed by atoms with E-state index in [1.54, 1.807) is 0 Å². The molecule has 0 radical (unpaired) electrons. The summed E-state index contributed by atoms with van der Waals surface area (Å²) in [5.74, 6) is 0.942. The fraction of sp³-hybridized carbons (Fsp3) is 1.00. The summed E-state index contributed by atoms with van der Waals surface area (Å²) in [7, 11) is 0. The van der Waals surface area contributed by atoms with Crippen molar-refractivity contribution in [3.63, 3.8) is 0 Å².